The van der Waals surface area contributed by atoms with E-state index in [9.17, 15) is 4.79 Å². The lowest BCUT2D eigenvalue weighted by molar-refractivity contribution is 0.0996. The molecule has 1 aromatic carbocycles. The first-order chi connectivity index (χ1) is 9.67. The highest BCUT2D eigenvalue weighted by atomic mass is 32.1. The van der Waals surface area contributed by atoms with Gasteiger partial charge in [-0.05, 0) is 31.2 Å². The van der Waals surface area contributed by atoms with E-state index in [1.807, 2.05) is 25.1 Å². The second-order valence-corrected chi connectivity index (χ2v) is 5.27. The summed E-state index contributed by atoms with van der Waals surface area (Å²) >= 11 is 1.39. The number of aryl methyl sites for hydroxylation is 1. The molecule has 1 amide bonds. The number of carbonyl (C=O) groups excluding carboxylic acids is 1. The number of carbonyl (C=O) groups is 1. The summed E-state index contributed by atoms with van der Waals surface area (Å²) in [5, 5.41) is 3.28. The lowest BCUT2D eigenvalue weighted by atomic mass is 10.3. The predicted molar refractivity (Wildman–Crippen MR) is 77.6 cm³/mol. The fourth-order valence-electron chi connectivity index (χ4n) is 1.84. The van der Waals surface area contributed by atoms with E-state index < -0.39 is 0 Å². The molecule has 0 unspecified atom stereocenters. The van der Waals surface area contributed by atoms with Crippen LogP contribution in [-0.2, 0) is 0 Å². The van der Waals surface area contributed by atoms with Crippen molar-refractivity contribution in [1.29, 1.82) is 0 Å². The SMILES string of the molecule is COc1ccc2nc(NC(=O)c3occc3C)sc2c1. The molecule has 2 heterocycles. The van der Waals surface area contributed by atoms with Crippen LogP contribution >= 0.6 is 11.3 Å². The highest BCUT2D eigenvalue weighted by Gasteiger charge is 2.15. The molecule has 6 heteroatoms. The Kier molecular flexibility index (Phi) is 3.15. The van der Waals surface area contributed by atoms with Crippen molar-refractivity contribution in [2.24, 2.45) is 0 Å². The summed E-state index contributed by atoms with van der Waals surface area (Å²) in [6.07, 6.45) is 1.49. The van der Waals surface area contributed by atoms with Gasteiger partial charge in [0.05, 0.1) is 23.6 Å². The summed E-state index contributed by atoms with van der Waals surface area (Å²) in [5.41, 5.74) is 1.62. The Morgan fingerprint density at radius 3 is 2.95 bits per heavy atom. The van der Waals surface area contributed by atoms with E-state index in [0.717, 1.165) is 21.5 Å². The second-order valence-electron chi connectivity index (χ2n) is 4.24. The number of furan rings is 1. The average Bonchev–Trinajstić information content (AvgIpc) is 3.03. The number of methoxy groups -OCH3 is 1. The Bertz CT molecular complexity index is 776. The van der Waals surface area contributed by atoms with Crippen molar-refractivity contribution in [2.45, 2.75) is 6.92 Å². The van der Waals surface area contributed by atoms with Gasteiger partial charge in [0.15, 0.2) is 10.9 Å². The molecule has 1 N–H and O–H groups in total. The molecule has 0 saturated carbocycles. The molecule has 3 rings (SSSR count). The van der Waals surface area contributed by atoms with Gasteiger partial charge in [-0.3, -0.25) is 10.1 Å². The van der Waals surface area contributed by atoms with Crippen LogP contribution in [0.15, 0.2) is 34.9 Å². The standard InChI is InChI=1S/C14H12N2O3S/c1-8-5-6-19-12(8)13(17)16-14-15-10-4-3-9(18-2)7-11(10)20-14/h3-7H,1-2H3,(H,15,16,17). The molecule has 0 radical (unpaired) electrons. The smallest absolute Gasteiger partial charge is 0.293 e. The summed E-state index contributed by atoms with van der Waals surface area (Å²) in [4.78, 5) is 16.4. The number of thiazole rings is 1. The molecular formula is C14H12N2O3S. The van der Waals surface area contributed by atoms with Gasteiger partial charge in [-0.15, -0.1) is 0 Å². The summed E-state index contributed by atoms with van der Waals surface area (Å²) < 4.78 is 11.3. The van der Waals surface area contributed by atoms with E-state index in [4.69, 9.17) is 9.15 Å². The first-order valence-corrected chi connectivity index (χ1v) is 6.79. The molecule has 0 saturated heterocycles. The molecule has 3 aromatic rings. The zero-order valence-electron chi connectivity index (χ0n) is 11.0. The molecule has 102 valence electrons. The van der Waals surface area contributed by atoms with Crippen molar-refractivity contribution in [2.75, 3.05) is 12.4 Å². The third-order valence-corrected chi connectivity index (χ3v) is 3.82. The van der Waals surface area contributed by atoms with Gasteiger partial charge in [-0.2, -0.15) is 0 Å². The van der Waals surface area contributed by atoms with Crippen LogP contribution in [0, 0.1) is 6.92 Å². The molecular weight excluding hydrogens is 276 g/mol. The van der Waals surface area contributed by atoms with E-state index >= 15 is 0 Å². The molecule has 0 spiro atoms. The molecule has 0 aliphatic heterocycles. The zero-order valence-corrected chi connectivity index (χ0v) is 11.8. The molecule has 0 atom stereocenters. The monoisotopic (exact) mass is 288 g/mol. The maximum atomic E-state index is 12.0. The second kappa shape index (κ2) is 4.97. The van der Waals surface area contributed by atoms with E-state index in [1.54, 1.807) is 13.2 Å². The van der Waals surface area contributed by atoms with Gasteiger partial charge in [0, 0.05) is 5.56 Å². The van der Waals surface area contributed by atoms with Gasteiger partial charge in [-0.1, -0.05) is 11.3 Å². The minimum absolute atomic E-state index is 0.293. The van der Waals surface area contributed by atoms with Crippen molar-refractivity contribution < 1.29 is 13.9 Å². The number of aromatic nitrogens is 1. The van der Waals surface area contributed by atoms with Gasteiger partial charge in [0.25, 0.3) is 5.91 Å². The van der Waals surface area contributed by atoms with Crippen molar-refractivity contribution >= 4 is 32.6 Å². The number of nitrogens with zero attached hydrogens (tertiary/aromatic N) is 1. The van der Waals surface area contributed by atoms with Gasteiger partial charge >= 0.3 is 0 Å². The Morgan fingerprint density at radius 2 is 2.25 bits per heavy atom. The van der Waals surface area contributed by atoms with Crippen LogP contribution in [0.2, 0.25) is 0 Å². The maximum absolute atomic E-state index is 12.0. The van der Waals surface area contributed by atoms with Crippen LogP contribution < -0.4 is 10.1 Å². The van der Waals surface area contributed by atoms with Crippen molar-refractivity contribution in [3.8, 4) is 5.75 Å². The van der Waals surface area contributed by atoms with Crippen LogP contribution in [0.25, 0.3) is 10.2 Å². The predicted octanol–water partition coefficient (Wildman–Crippen LogP) is 3.46. The summed E-state index contributed by atoms with van der Waals surface area (Å²) in [6.45, 7) is 1.82. The fourth-order valence-corrected chi connectivity index (χ4v) is 2.73. The number of ether oxygens (including phenoxy) is 1. The highest BCUT2D eigenvalue weighted by molar-refractivity contribution is 7.22. The Balaban J connectivity index is 1.88. The minimum atomic E-state index is -0.293. The average molecular weight is 288 g/mol. The number of rotatable bonds is 3. The number of nitrogens with one attached hydrogen (secondary N) is 1. The van der Waals surface area contributed by atoms with Gasteiger partial charge in [-0.25, -0.2) is 4.98 Å². The molecule has 0 aliphatic rings. The third-order valence-electron chi connectivity index (χ3n) is 2.88. The topological polar surface area (TPSA) is 64.4 Å². The van der Waals surface area contributed by atoms with Crippen LogP contribution in [0.3, 0.4) is 0 Å². The van der Waals surface area contributed by atoms with Crippen molar-refractivity contribution in [3.05, 3.63) is 41.9 Å². The van der Waals surface area contributed by atoms with Crippen LogP contribution in [0.1, 0.15) is 16.1 Å². The first kappa shape index (κ1) is 12.7. The number of fused-ring (bicyclic) bond motifs is 1. The Morgan fingerprint density at radius 1 is 1.40 bits per heavy atom. The molecule has 0 aliphatic carbocycles. The molecule has 20 heavy (non-hydrogen) atoms. The number of hydrogen-bond donors (Lipinski definition) is 1. The van der Waals surface area contributed by atoms with Gasteiger partial charge in [0.1, 0.15) is 5.75 Å². The summed E-state index contributed by atoms with van der Waals surface area (Å²) in [6, 6.07) is 7.34. The Hall–Kier alpha value is -2.34. The van der Waals surface area contributed by atoms with Crippen molar-refractivity contribution in [3.63, 3.8) is 0 Å². The summed E-state index contributed by atoms with van der Waals surface area (Å²) in [7, 11) is 1.62. The Labute approximate surface area is 119 Å². The van der Waals surface area contributed by atoms with Gasteiger partial charge < -0.3 is 9.15 Å². The van der Waals surface area contributed by atoms with Crippen LogP contribution in [0.5, 0.6) is 5.75 Å². The molecule has 2 aromatic heterocycles. The number of anilines is 1. The molecule has 0 fully saturated rings. The van der Waals surface area contributed by atoms with Crippen LogP contribution in [0.4, 0.5) is 5.13 Å². The number of benzene rings is 1. The first-order valence-electron chi connectivity index (χ1n) is 5.97. The van der Waals surface area contributed by atoms with Crippen molar-refractivity contribution in [1.82, 2.24) is 4.98 Å². The number of amides is 1. The lowest BCUT2D eigenvalue weighted by Gasteiger charge is -1.98. The van der Waals surface area contributed by atoms with Gasteiger partial charge in [0.2, 0.25) is 0 Å². The van der Waals surface area contributed by atoms with E-state index in [-0.39, 0.29) is 5.91 Å². The summed E-state index contributed by atoms with van der Waals surface area (Å²) in [5.74, 6) is 0.779. The maximum Gasteiger partial charge on any atom is 0.293 e. The fraction of sp³-hybridized carbons (Fsp3) is 0.143. The largest absolute Gasteiger partial charge is 0.497 e. The minimum Gasteiger partial charge on any atom is -0.497 e. The zero-order chi connectivity index (χ0) is 14.1. The quantitative estimate of drug-likeness (QED) is 0.801. The van der Waals surface area contributed by atoms with E-state index in [0.29, 0.717) is 10.9 Å². The highest BCUT2D eigenvalue weighted by Crippen LogP contribution is 2.29. The number of hydrogen-bond acceptors (Lipinski definition) is 5. The molecule has 0 bridgehead atoms. The normalized spacial score (nSPS) is 10.7. The van der Waals surface area contributed by atoms with Crippen LogP contribution in [-0.4, -0.2) is 18.0 Å². The van der Waals surface area contributed by atoms with E-state index in [2.05, 4.69) is 10.3 Å². The van der Waals surface area contributed by atoms with E-state index in [1.165, 1.54) is 17.6 Å². The lowest BCUT2D eigenvalue weighted by Crippen LogP contribution is -2.11. The third kappa shape index (κ3) is 2.25. The molecule has 5 nitrogen and oxygen atoms in total.